The molecule has 0 aliphatic heterocycles. The molecule has 0 spiro atoms. The van der Waals surface area contributed by atoms with Crippen molar-refractivity contribution in [2.45, 2.75) is 13.8 Å². The molecule has 0 radical (unpaired) electrons. The zero-order chi connectivity index (χ0) is 5.98. The Bertz CT molecular complexity index is 166. The van der Waals surface area contributed by atoms with Crippen LogP contribution >= 0.6 is 0 Å². The molecule has 0 saturated heterocycles. The fourth-order valence-electron chi connectivity index (χ4n) is 0.663. The summed E-state index contributed by atoms with van der Waals surface area (Å²) in [6.07, 6.45) is 6.35. The van der Waals surface area contributed by atoms with Gasteiger partial charge in [-0.15, -0.1) is 5.73 Å². The number of allylic oxidation sites excluding steroid dienone is 3. The first-order valence-electron chi connectivity index (χ1n) is 2.90. The Hall–Kier alpha value is -0.740. The highest BCUT2D eigenvalue weighted by Gasteiger charge is 1.91. The first-order valence-corrected chi connectivity index (χ1v) is 2.90. The van der Waals surface area contributed by atoms with Crippen molar-refractivity contribution >= 4 is 0 Å². The Morgan fingerprint density at radius 1 is 1.62 bits per heavy atom. The standard InChI is InChI=1S/C8H10/c1-7-3-5-8(2)6-4-7/h3-5,7H,1-2H3. The summed E-state index contributed by atoms with van der Waals surface area (Å²) < 4.78 is 0. The summed E-state index contributed by atoms with van der Waals surface area (Å²) in [5, 5.41) is 0. The van der Waals surface area contributed by atoms with E-state index in [2.05, 4.69) is 37.8 Å². The topological polar surface area (TPSA) is 0 Å². The van der Waals surface area contributed by atoms with Gasteiger partial charge in [0.1, 0.15) is 0 Å². The van der Waals surface area contributed by atoms with E-state index in [1.807, 2.05) is 0 Å². The third-order valence-corrected chi connectivity index (χ3v) is 1.22. The molecule has 0 bridgehead atoms. The van der Waals surface area contributed by atoms with Gasteiger partial charge in [-0.3, -0.25) is 0 Å². The molecule has 0 saturated carbocycles. The fourth-order valence-corrected chi connectivity index (χ4v) is 0.663. The minimum absolute atomic E-state index is 0.582. The van der Waals surface area contributed by atoms with Crippen molar-refractivity contribution in [3.05, 3.63) is 29.5 Å². The molecule has 0 amide bonds. The maximum absolute atomic E-state index is 3.14. The third-order valence-electron chi connectivity index (χ3n) is 1.22. The molecule has 0 heterocycles. The molecule has 0 aromatic rings. The zero-order valence-corrected chi connectivity index (χ0v) is 5.31. The molecule has 0 nitrogen and oxygen atoms in total. The number of hydrogen-bond donors (Lipinski definition) is 0. The second kappa shape index (κ2) is 2.02. The Balaban J connectivity index is 2.86. The summed E-state index contributed by atoms with van der Waals surface area (Å²) >= 11 is 0. The molecule has 1 unspecified atom stereocenters. The normalized spacial score (nSPS) is 25.8. The van der Waals surface area contributed by atoms with Gasteiger partial charge < -0.3 is 0 Å². The van der Waals surface area contributed by atoms with Gasteiger partial charge in [0, 0.05) is 0 Å². The van der Waals surface area contributed by atoms with Crippen LogP contribution in [0.5, 0.6) is 0 Å². The van der Waals surface area contributed by atoms with Gasteiger partial charge in [-0.05, 0) is 24.5 Å². The molecule has 42 valence electrons. The quantitative estimate of drug-likeness (QED) is 0.416. The van der Waals surface area contributed by atoms with Crippen molar-refractivity contribution in [1.82, 2.24) is 0 Å². The Morgan fingerprint density at radius 3 is 2.75 bits per heavy atom. The lowest BCUT2D eigenvalue weighted by Crippen LogP contribution is -1.84. The molecule has 1 aliphatic rings. The van der Waals surface area contributed by atoms with E-state index in [1.165, 1.54) is 5.57 Å². The van der Waals surface area contributed by atoms with Crippen LogP contribution in [0.3, 0.4) is 0 Å². The van der Waals surface area contributed by atoms with Gasteiger partial charge in [-0.1, -0.05) is 19.1 Å². The molecular formula is C8H10. The van der Waals surface area contributed by atoms with Crippen LogP contribution in [-0.4, -0.2) is 0 Å². The van der Waals surface area contributed by atoms with Crippen LogP contribution in [-0.2, 0) is 0 Å². The first kappa shape index (κ1) is 5.40. The highest BCUT2D eigenvalue weighted by Crippen LogP contribution is 2.06. The summed E-state index contributed by atoms with van der Waals surface area (Å²) in [6.45, 7) is 4.20. The predicted molar refractivity (Wildman–Crippen MR) is 35.6 cm³/mol. The van der Waals surface area contributed by atoms with Crippen LogP contribution < -0.4 is 0 Å². The van der Waals surface area contributed by atoms with Gasteiger partial charge in [-0.25, -0.2) is 0 Å². The summed E-state index contributed by atoms with van der Waals surface area (Å²) in [4.78, 5) is 0. The SMILES string of the molecule is CC1=C=CC(C)C=C1. The van der Waals surface area contributed by atoms with Gasteiger partial charge in [-0.2, -0.15) is 0 Å². The van der Waals surface area contributed by atoms with E-state index in [9.17, 15) is 0 Å². The van der Waals surface area contributed by atoms with Crippen LogP contribution in [0, 0.1) is 5.92 Å². The third kappa shape index (κ3) is 1.11. The van der Waals surface area contributed by atoms with Crippen molar-refractivity contribution in [3.8, 4) is 0 Å². The molecule has 0 heteroatoms. The minimum Gasteiger partial charge on any atom is -0.121 e. The van der Waals surface area contributed by atoms with Gasteiger partial charge in [0.25, 0.3) is 0 Å². The molecule has 0 fully saturated rings. The number of rotatable bonds is 0. The summed E-state index contributed by atoms with van der Waals surface area (Å²) in [5.74, 6) is 0.582. The first-order chi connectivity index (χ1) is 3.79. The second-order valence-electron chi connectivity index (χ2n) is 2.21. The summed E-state index contributed by atoms with van der Waals surface area (Å²) in [7, 11) is 0. The molecule has 1 atom stereocenters. The maximum atomic E-state index is 3.14. The van der Waals surface area contributed by atoms with Gasteiger partial charge >= 0.3 is 0 Å². The average molecular weight is 106 g/mol. The van der Waals surface area contributed by atoms with Crippen LogP contribution in [0.2, 0.25) is 0 Å². The fraction of sp³-hybridized carbons (Fsp3) is 0.375. The van der Waals surface area contributed by atoms with Crippen molar-refractivity contribution in [3.63, 3.8) is 0 Å². The van der Waals surface area contributed by atoms with Gasteiger partial charge in [0.05, 0.1) is 0 Å². The van der Waals surface area contributed by atoms with Crippen LogP contribution in [0.15, 0.2) is 29.5 Å². The van der Waals surface area contributed by atoms with Crippen molar-refractivity contribution in [2.75, 3.05) is 0 Å². The van der Waals surface area contributed by atoms with Gasteiger partial charge in [0.15, 0.2) is 0 Å². The molecule has 0 aromatic carbocycles. The van der Waals surface area contributed by atoms with E-state index in [0.717, 1.165) is 0 Å². The predicted octanol–water partition coefficient (Wildman–Crippen LogP) is 2.29. The average Bonchev–Trinajstić information content (AvgIpc) is 1.77. The smallest absolute Gasteiger partial charge is 0.000238 e. The molecule has 1 rings (SSSR count). The van der Waals surface area contributed by atoms with E-state index < -0.39 is 0 Å². The lowest BCUT2D eigenvalue weighted by molar-refractivity contribution is 0.932. The summed E-state index contributed by atoms with van der Waals surface area (Å²) in [5.41, 5.74) is 4.36. The summed E-state index contributed by atoms with van der Waals surface area (Å²) in [6, 6.07) is 0. The molecule has 0 aromatic heterocycles. The number of hydrogen-bond acceptors (Lipinski definition) is 0. The van der Waals surface area contributed by atoms with E-state index in [0.29, 0.717) is 5.92 Å². The Kier molecular flexibility index (Phi) is 1.36. The van der Waals surface area contributed by atoms with Crippen molar-refractivity contribution in [1.29, 1.82) is 0 Å². The Morgan fingerprint density at radius 2 is 2.38 bits per heavy atom. The van der Waals surface area contributed by atoms with E-state index >= 15 is 0 Å². The molecular weight excluding hydrogens is 96.1 g/mol. The van der Waals surface area contributed by atoms with Gasteiger partial charge in [0.2, 0.25) is 0 Å². The van der Waals surface area contributed by atoms with Crippen molar-refractivity contribution in [2.24, 2.45) is 5.92 Å². The molecule has 8 heavy (non-hydrogen) atoms. The van der Waals surface area contributed by atoms with E-state index in [1.54, 1.807) is 0 Å². The lowest BCUT2D eigenvalue weighted by Gasteiger charge is -1.98. The van der Waals surface area contributed by atoms with E-state index in [4.69, 9.17) is 0 Å². The van der Waals surface area contributed by atoms with Crippen LogP contribution in [0.1, 0.15) is 13.8 Å². The highest BCUT2D eigenvalue weighted by molar-refractivity contribution is 5.22. The minimum atomic E-state index is 0.582. The largest absolute Gasteiger partial charge is 0.121 e. The lowest BCUT2D eigenvalue weighted by atomic mass is 10.1. The highest BCUT2D eigenvalue weighted by atomic mass is 14.0. The van der Waals surface area contributed by atoms with Crippen LogP contribution in [0.25, 0.3) is 0 Å². The zero-order valence-electron chi connectivity index (χ0n) is 5.31. The van der Waals surface area contributed by atoms with Crippen molar-refractivity contribution < 1.29 is 0 Å². The van der Waals surface area contributed by atoms with E-state index in [-0.39, 0.29) is 0 Å². The molecule has 1 aliphatic carbocycles. The monoisotopic (exact) mass is 106 g/mol. The maximum Gasteiger partial charge on any atom is -0.000238 e. The van der Waals surface area contributed by atoms with Crippen LogP contribution in [0.4, 0.5) is 0 Å². The second-order valence-corrected chi connectivity index (χ2v) is 2.21. The molecule has 0 N–H and O–H groups in total. The Labute approximate surface area is 50.2 Å².